The lowest BCUT2D eigenvalue weighted by molar-refractivity contribution is 0.0744. The number of carbonyl (C=O) groups is 1. The van der Waals surface area contributed by atoms with E-state index in [1.54, 1.807) is 19.1 Å². The van der Waals surface area contributed by atoms with Gasteiger partial charge in [-0.1, -0.05) is 21.1 Å². The van der Waals surface area contributed by atoms with Crippen LogP contribution in [0.3, 0.4) is 0 Å². The van der Waals surface area contributed by atoms with Gasteiger partial charge in [0.2, 0.25) is 0 Å². The van der Waals surface area contributed by atoms with Gasteiger partial charge in [0, 0.05) is 33.4 Å². The first-order chi connectivity index (χ1) is 14.1. The van der Waals surface area contributed by atoms with Crippen molar-refractivity contribution in [2.45, 2.75) is 46.8 Å². The second kappa shape index (κ2) is 8.53. The number of amides is 1. The predicted octanol–water partition coefficient (Wildman–Crippen LogP) is 4.07. The number of nitroso groups, excluding NO2 is 1. The second-order valence-corrected chi connectivity index (χ2v) is 8.58. The number of carbonyl (C=O) groups excluding carboxylic acids is 1. The topological polar surface area (TPSA) is 114 Å². The quantitative estimate of drug-likeness (QED) is 0.243. The molecular formula is C21H24BrN5O3. The molecule has 0 spiro atoms. The summed E-state index contributed by atoms with van der Waals surface area (Å²) in [6, 6.07) is 5.63. The van der Waals surface area contributed by atoms with Gasteiger partial charge < -0.3 is 9.55 Å². The number of hydrogen-bond acceptors (Lipinski definition) is 5. The average Bonchev–Trinajstić information content (AvgIpc) is 3.00. The van der Waals surface area contributed by atoms with Crippen molar-refractivity contribution in [2.24, 2.45) is 11.0 Å². The highest BCUT2D eigenvalue weighted by Gasteiger charge is 2.22. The number of benzene rings is 1. The molecule has 3 N–H and O–H groups in total. The van der Waals surface area contributed by atoms with E-state index in [-0.39, 0.29) is 25.0 Å². The maximum Gasteiger partial charge on any atom is 0.268 e. The molecule has 3 aromatic rings. The molecule has 0 saturated carbocycles. The summed E-state index contributed by atoms with van der Waals surface area (Å²) in [5.74, 6) is 5.73. The Morgan fingerprint density at radius 3 is 2.57 bits per heavy atom. The number of aromatic amines is 1. The Labute approximate surface area is 182 Å². The van der Waals surface area contributed by atoms with Crippen LogP contribution in [0.1, 0.15) is 52.6 Å². The molecule has 3 rings (SSSR count). The van der Waals surface area contributed by atoms with Crippen molar-refractivity contribution in [3.8, 4) is 0 Å². The molecule has 2 aromatic heterocycles. The molecule has 0 atom stereocenters. The van der Waals surface area contributed by atoms with Gasteiger partial charge in [0.15, 0.2) is 0 Å². The number of H-pyrrole nitrogens is 1. The van der Waals surface area contributed by atoms with Gasteiger partial charge in [-0.05, 0) is 57.0 Å². The number of hydrogen-bond donors (Lipinski definition) is 2. The van der Waals surface area contributed by atoms with Gasteiger partial charge in [0.05, 0.1) is 17.6 Å². The number of nitrogens with zero attached hydrogens (tertiary/aromatic N) is 3. The van der Waals surface area contributed by atoms with Crippen LogP contribution in [0.15, 0.2) is 38.8 Å². The summed E-state index contributed by atoms with van der Waals surface area (Å²) >= 11 is 3.49. The molecule has 0 fully saturated rings. The largest absolute Gasteiger partial charge is 0.345 e. The summed E-state index contributed by atoms with van der Waals surface area (Å²) in [6.45, 7) is 7.67. The molecule has 1 amide bonds. The number of aromatic nitrogens is 2. The average molecular weight is 474 g/mol. The van der Waals surface area contributed by atoms with Crippen LogP contribution >= 0.6 is 15.9 Å². The minimum absolute atomic E-state index is 0.0628. The van der Waals surface area contributed by atoms with E-state index in [0.29, 0.717) is 22.4 Å². The first-order valence-corrected chi connectivity index (χ1v) is 10.3. The van der Waals surface area contributed by atoms with E-state index in [2.05, 4.69) is 44.5 Å². The van der Waals surface area contributed by atoms with E-state index in [1.165, 1.54) is 0 Å². The second-order valence-electron chi connectivity index (χ2n) is 7.67. The molecule has 30 heavy (non-hydrogen) atoms. The minimum atomic E-state index is -0.390. The summed E-state index contributed by atoms with van der Waals surface area (Å²) < 4.78 is 2.88. The van der Waals surface area contributed by atoms with Crippen molar-refractivity contribution in [2.75, 3.05) is 0 Å². The molecular weight excluding hydrogens is 450 g/mol. The van der Waals surface area contributed by atoms with E-state index in [1.807, 2.05) is 19.2 Å². The van der Waals surface area contributed by atoms with Crippen LogP contribution in [-0.2, 0) is 13.1 Å². The molecule has 2 heterocycles. The molecule has 0 unspecified atom stereocenters. The Bertz CT molecular complexity index is 1200. The number of nitrogens with two attached hydrogens (primary N) is 1. The highest BCUT2D eigenvalue weighted by molar-refractivity contribution is 9.10. The highest BCUT2D eigenvalue weighted by Crippen LogP contribution is 2.31. The molecule has 0 aliphatic rings. The Morgan fingerprint density at radius 1 is 1.27 bits per heavy atom. The standard InChI is InChI=1S/C21H24BrN5O3/c1-11(2)26-9-13(4)19-16(6-14(22)7-18(19)26)21(29)27(23)10-17-12(3)5-15(8-24-30)25-20(17)28/h5-7,9,11H,8,10,23H2,1-4H3,(H,25,28). The van der Waals surface area contributed by atoms with E-state index in [4.69, 9.17) is 5.84 Å². The van der Waals surface area contributed by atoms with Gasteiger partial charge in [0.25, 0.3) is 11.5 Å². The smallest absolute Gasteiger partial charge is 0.268 e. The minimum Gasteiger partial charge on any atom is -0.345 e. The molecule has 0 saturated heterocycles. The first-order valence-electron chi connectivity index (χ1n) is 9.52. The zero-order valence-electron chi connectivity index (χ0n) is 17.3. The SMILES string of the molecule is Cc1cc(CN=O)[nH]c(=O)c1CN(N)C(=O)c1cc(Br)cc2c1c(C)cn2C(C)C. The normalized spacial score (nSPS) is 11.3. The molecule has 0 radical (unpaired) electrons. The summed E-state index contributed by atoms with van der Waals surface area (Å²) in [4.78, 5) is 38.7. The van der Waals surface area contributed by atoms with Crippen LogP contribution < -0.4 is 11.4 Å². The van der Waals surface area contributed by atoms with Crippen LogP contribution in [0, 0.1) is 18.8 Å². The molecule has 0 aliphatic heterocycles. The predicted molar refractivity (Wildman–Crippen MR) is 120 cm³/mol. The number of rotatable bonds is 6. The fraction of sp³-hybridized carbons (Fsp3) is 0.333. The van der Waals surface area contributed by atoms with Gasteiger partial charge in [-0.15, -0.1) is 0 Å². The summed E-state index contributed by atoms with van der Waals surface area (Å²) in [6.07, 6.45) is 2.02. The van der Waals surface area contributed by atoms with Crippen molar-refractivity contribution in [1.29, 1.82) is 0 Å². The Morgan fingerprint density at radius 2 is 1.97 bits per heavy atom. The lowest BCUT2D eigenvalue weighted by atomic mass is 10.1. The van der Waals surface area contributed by atoms with E-state index < -0.39 is 5.56 Å². The first kappa shape index (κ1) is 21.9. The van der Waals surface area contributed by atoms with Gasteiger partial charge in [-0.2, -0.15) is 4.91 Å². The highest BCUT2D eigenvalue weighted by atomic mass is 79.9. The number of fused-ring (bicyclic) bond motifs is 1. The molecule has 9 heteroatoms. The van der Waals surface area contributed by atoms with Gasteiger partial charge in [-0.3, -0.25) is 14.6 Å². The summed E-state index contributed by atoms with van der Waals surface area (Å²) in [5, 5.41) is 4.67. The van der Waals surface area contributed by atoms with Gasteiger partial charge in [0.1, 0.15) is 6.54 Å². The molecule has 8 nitrogen and oxygen atoms in total. The van der Waals surface area contributed by atoms with Crippen molar-refractivity contribution in [3.05, 3.63) is 72.1 Å². The summed E-state index contributed by atoms with van der Waals surface area (Å²) in [5.41, 5.74) is 3.42. The van der Waals surface area contributed by atoms with Crippen LogP contribution in [0.5, 0.6) is 0 Å². The van der Waals surface area contributed by atoms with Crippen molar-refractivity contribution < 1.29 is 4.79 Å². The molecule has 158 valence electrons. The van der Waals surface area contributed by atoms with Crippen LogP contribution in [0.4, 0.5) is 0 Å². The monoisotopic (exact) mass is 473 g/mol. The van der Waals surface area contributed by atoms with E-state index >= 15 is 0 Å². The summed E-state index contributed by atoms with van der Waals surface area (Å²) in [7, 11) is 0. The fourth-order valence-corrected chi connectivity index (χ4v) is 4.13. The maximum absolute atomic E-state index is 13.2. The fourth-order valence-electron chi connectivity index (χ4n) is 3.68. The lowest BCUT2D eigenvalue weighted by Crippen LogP contribution is -2.39. The van der Waals surface area contributed by atoms with Crippen LogP contribution in [0.2, 0.25) is 0 Å². The van der Waals surface area contributed by atoms with Crippen LogP contribution in [-0.4, -0.2) is 20.5 Å². The number of hydrazine groups is 1. The maximum atomic E-state index is 13.2. The molecule has 0 aliphatic carbocycles. The number of pyridine rings is 1. The molecule has 0 bridgehead atoms. The number of nitrogens with one attached hydrogen (secondary N) is 1. The van der Waals surface area contributed by atoms with Crippen molar-refractivity contribution >= 4 is 32.7 Å². The van der Waals surface area contributed by atoms with Gasteiger partial charge in [-0.25, -0.2) is 5.84 Å². The van der Waals surface area contributed by atoms with Crippen molar-refractivity contribution in [1.82, 2.24) is 14.6 Å². The molecule has 1 aromatic carbocycles. The Kier molecular flexibility index (Phi) is 6.23. The zero-order valence-corrected chi connectivity index (χ0v) is 18.9. The third-order valence-corrected chi connectivity index (χ3v) is 5.57. The Hall–Kier alpha value is -2.78. The Balaban J connectivity index is 2.01. The van der Waals surface area contributed by atoms with Crippen LogP contribution in [0.25, 0.3) is 10.9 Å². The zero-order chi connectivity index (χ0) is 22.2. The third-order valence-electron chi connectivity index (χ3n) is 5.11. The van der Waals surface area contributed by atoms with Crippen molar-refractivity contribution in [3.63, 3.8) is 0 Å². The lowest BCUT2D eigenvalue weighted by Gasteiger charge is -2.19. The van der Waals surface area contributed by atoms with Gasteiger partial charge >= 0.3 is 0 Å². The van der Waals surface area contributed by atoms with E-state index in [9.17, 15) is 14.5 Å². The number of halogens is 1. The number of aryl methyl sites for hydroxylation is 2. The third kappa shape index (κ3) is 4.08. The van der Waals surface area contributed by atoms with E-state index in [0.717, 1.165) is 25.9 Å².